The van der Waals surface area contributed by atoms with E-state index in [4.69, 9.17) is 9.47 Å². The molecular formula is C5H10O2. The van der Waals surface area contributed by atoms with Gasteiger partial charge in [0.15, 0.2) is 6.29 Å². The minimum atomic E-state index is -0.250. The lowest BCUT2D eigenvalue weighted by Gasteiger charge is -2.04. The molecule has 2 heteroatoms. The Hall–Kier alpha value is -0.340. The maximum Gasteiger partial charge on any atom is 0.175 e. The number of methoxy groups -OCH3 is 2. The van der Waals surface area contributed by atoms with E-state index < -0.39 is 0 Å². The van der Waals surface area contributed by atoms with Gasteiger partial charge in [-0.05, 0) is 6.08 Å². The van der Waals surface area contributed by atoms with Gasteiger partial charge in [0, 0.05) is 14.2 Å². The van der Waals surface area contributed by atoms with Gasteiger partial charge in [-0.15, -0.1) is 0 Å². The van der Waals surface area contributed by atoms with E-state index >= 15 is 0 Å². The van der Waals surface area contributed by atoms with Crippen LogP contribution in [0.2, 0.25) is 0 Å². The molecule has 7 heavy (non-hydrogen) atoms. The van der Waals surface area contributed by atoms with E-state index in [1.54, 1.807) is 20.3 Å². The van der Waals surface area contributed by atoms with Crippen molar-refractivity contribution in [1.29, 1.82) is 0 Å². The van der Waals surface area contributed by atoms with E-state index in [2.05, 4.69) is 6.58 Å². The van der Waals surface area contributed by atoms with Crippen LogP contribution in [0.5, 0.6) is 0 Å². The summed E-state index contributed by atoms with van der Waals surface area (Å²) in [5.74, 6) is 0. The summed E-state index contributed by atoms with van der Waals surface area (Å²) >= 11 is 0. The van der Waals surface area contributed by atoms with E-state index in [-0.39, 0.29) is 6.29 Å². The molecule has 0 aromatic rings. The van der Waals surface area contributed by atoms with E-state index in [1.165, 1.54) is 0 Å². The monoisotopic (exact) mass is 102 g/mol. The fourth-order valence-corrected chi connectivity index (χ4v) is 0.289. The van der Waals surface area contributed by atoms with Gasteiger partial charge in [-0.3, -0.25) is 0 Å². The molecule has 2 nitrogen and oxygen atoms in total. The third-order valence-electron chi connectivity index (χ3n) is 0.657. The Bertz CT molecular complexity index is 48.0. The number of ether oxygens (including phenoxy) is 2. The highest BCUT2D eigenvalue weighted by Crippen LogP contribution is 1.87. The van der Waals surface area contributed by atoms with Gasteiger partial charge < -0.3 is 9.47 Å². The molecule has 0 unspecified atom stereocenters. The van der Waals surface area contributed by atoms with Crippen LogP contribution in [0.1, 0.15) is 0 Å². The van der Waals surface area contributed by atoms with Gasteiger partial charge in [0.2, 0.25) is 0 Å². The van der Waals surface area contributed by atoms with Crippen molar-refractivity contribution < 1.29 is 9.47 Å². The molecule has 0 saturated heterocycles. The maximum absolute atomic E-state index is 4.71. The molecule has 0 bridgehead atoms. The van der Waals surface area contributed by atoms with Crippen LogP contribution in [-0.2, 0) is 9.47 Å². The summed E-state index contributed by atoms with van der Waals surface area (Å²) in [6.07, 6.45) is 1.33. The van der Waals surface area contributed by atoms with Crippen LogP contribution < -0.4 is 0 Å². The third kappa shape index (κ3) is 2.37. The van der Waals surface area contributed by atoms with E-state index in [0.717, 1.165) is 0 Å². The van der Waals surface area contributed by atoms with Crippen molar-refractivity contribution >= 4 is 0 Å². The van der Waals surface area contributed by atoms with Crippen molar-refractivity contribution in [2.24, 2.45) is 0 Å². The Morgan fingerprint density at radius 3 is 1.86 bits per heavy atom. The molecule has 0 radical (unpaired) electrons. The highest BCUT2D eigenvalue weighted by Gasteiger charge is 1.92. The average molecular weight is 102 g/mol. The molecule has 0 amide bonds. The van der Waals surface area contributed by atoms with Crippen LogP contribution in [0.25, 0.3) is 0 Å². The SMILES string of the molecule is C=CC(OC)OC. The van der Waals surface area contributed by atoms with Crippen LogP contribution in [0, 0.1) is 0 Å². The lowest BCUT2D eigenvalue weighted by Crippen LogP contribution is -2.07. The van der Waals surface area contributed by atoms with E-state index in [1.807, 2.05) is 0 Å². The average Bonchev–Trinajstić information content (AvgIpc) is 1.72. The lowest BCUT2D eigenvalue weighted by molar-refractivity contribution is -0.0663. The molecule has 0 fully saturated rings. The first-order valence-electron chi connectivity index (χ1n) is 2.03. The molecule has 0 saturated carbocycles. The largest absolute Gasteiger partial charge is 0.352 e. The van der Waals surface area contributed by atoms with Crippen LogP contribution in [0.15, 0.2) is 12.7 Å². The maximum atomic E-state index is 4.71. The molecule has 0 aromatic heterocycles. The molecule has 0 atom stereocenters. The minimum absolute atomic E-state index is 0.250. The zero-order valence-corrected chi connectivity index (χ0v) is 4.68. The van der Waals surface area contributed by atoms with Crippen molar-refractivity contribution in [2.45, 2.75) is 6.29 Å². The van der Waals surface area contributed by atoms with Crippen LogP contribution in [0.3, 0.4) is 0 Å². The molecule has 0 N–H and O–H groups in total. The second-order valence-electron chi connectivity index (χ2n) is 1.08. The van der Waals surface area contributed by atoms with Crippen molar-refractivity contribution in [3.05, 3.63) is 12.7 Å². The second-order valence-corrected chi connectivity index (χ2v) is 1.08. The zero-order chi connectivity index (χ0) is 5.70. The van der Waals surface area contributed by atoms with Gasteiger partial charge in [0.25, 0.3) is 0 Å². The van der Waals surface area contributed by atoms with Gasteiger partial charge in [0.1, 0.15) is 0 Å². The fourth-order valence-electron chi connectivity index (χ4n) is 0.289. The first-order valence-corrected chi connectivity index (χ1v) is 2.03. The van der Waals surface area contributed by atoms with Gasteiger partial charge in [-0.2, -0.15) is 0 Å². The summed E-state index contributed by atoms with van der Waals surface area (Å²) in [4.78, 5) is 0. The summed E-state index contributed by atoms with van der Waals surface area (Å²) in [7, 11) is 3.13. The number of rotatable bonds is 3. The molecule has 0 aliphatic rings. The van der Waals surface area contributed by atoms with Crippen molar-refractivity contribution in [3.8, 4) is 0 Å². The van der Waals surface area contributed by atoms with Crippen molar-refractivity contribution in [1.82, 2.24) is 0 Å². The number of hydrogen-bond donors (Lipinski definition) is 0. The molecule has 0 spiro atoms. The highest BCUT2D eigenvalue weighted by atomic mass is 16.7. The highest BCUT2D eigenvalue weighted by molar-refractivity contribution is 4.70. The van der Waals surface area contributed by atoms with Gasteiger partial charge in [0.05, 0.1) is 0 Å². The molecule has 0 aromatic carbocycles. The van der Waals surface area contributed by atoms with Gasteiger partial charge in [-0.1, -0.05) is 6.58 Å². The molecule has 0 rings (SSSR count). The Balaban J connectivity index is 3.16. The zero-order valence-electron chi connectivity index (χ0n) is 4.68. The quantitative estimate of drug-likeness (QED) is 0.387. The molecule has 0 aliphatic carbocycles. The normalized spacial score (nSPS) is 9.57. The van der Waals surface area contributed by atoms with Crippen LogP contribution in [0.4, 0.5) is 0 Å². The summed E-state index contributed by atoms with van der Waals surface area (Å²) < 4.78 is 9.42. The first kappa shape index (κ1) is 6.66. The summed E-state index contributed by atoms with van der Waals surface area (Å²) in [6, 6.07) is 0. The molecular weight excluding hydrogens is 92.1 g/mol. The Morgan fingerprint density at radius 2 is 1.86 bits per heavy atom. The predicted octanol–water partition coefficient (Wildman–Crippen LogP) is 0.791. The van der Waals surface area contributed by atoms with Crippen LogP contribution in [-0.4, -0.2) is 20.5 Å². The third-order valence-corrected chi connectivity index (χ3v) is 0.657. The van der Waals surface area contributed by atoms with Crippen LogP contribution >= 0.6 is 0 Å². The van der Waals surface area contributed by atoms with Crippen molar-refractivity contribution in [3.63, 3.8) is 0 Å². The predicted molar refractivity (Wildman–Crippen MR) is 28.0 cm³/mol. The standard InChI is InChI=1S/C5H10O2/c1-4-5(6-2)7-3/h4-5H,1H2,2-3H3. The summed E-state index contributed by atoms with van der Waals surface area (Å²) in [5, 5.41) is 0. The molecule has 0 heterocycles. The topological polar surface area (TPSA) is 18.5 Å². The Kier molecular flexibility index (Phi) is 3.65. The van der Waals surface area contributed by atoms with Crippen molar-refractivity contribution in [2.75, 3.05) is 14.2 Å². The molecule has 0 aliphatic heterocycles. The van der Waals surface area contributed by atoms with E-state index in [0.29, 0.717) is 0 Å². The second kappa shape index (κ2) is 3.84. The van der Waals surface area contributed by atoms with Gasteiger partial charge in [-0.25, -0.2) is 0 Å². The minimum Gasteiger partial charge on any atom is -0.352 e. The smallest absolute Gasteiger partial charge is 0.175 e. The molecule has 42 valence electrons. The lowest BCUT2D eigenvalue weighted by atomic mass is 10.6. The number of hydrogen-bond acceptors (Lipinski definition) is 2. The fraction of sp³-hybridized carbons (Fsp3) is 0.600. The first-order chi connectivity index (χ1) is 3.35. The summed E-state index contributed by atoms with van der Waals surface area (Å²) in [6.45, 7) is 3.45. The Labute approximate surface area is 43.7 Å². The Morgan fingerprint density at radius 1 is 1.43 bits per heavy atom. The van der Waals surface area contributed by atoms with E-state index in [9.17, 15) is 0 Å². The van der Waals surface area contributed by atoms with Gasteiger partial charge >= 0.3 is 0 Å². The summed E-state index contributed by atoms with van der Waals surface area (Å²) in [5.41, 5.74) is 0.